The fraction of sp³-hybridized carbons (Fsp3) is 0.174. The molecule has 0 spiro atoms. The van der Waals surface area contributed by atoms with Crippen molar-refractivity contribution in [2.24, 2.45) is 15.4 Å². The van der Waals surface area contributed by atoms with Gasteiger partial charge in [-0.2, -0.15) is 0 Å². The molecule has 0 bridgehead atoms. The fourth-order valence-electron chi connectivity index (χ4n) is 11.5. The van der Waals surface area contributed by atoms with Crippen molar-refractivity contribution in [2.75, 3.05) is 18.9 Å². The van der Waals surface area contributed by atoms with Crippen molar-refractivity contribution < 1.29 is 33.5 Å². The van der Waals surface area contributed by atoms with Crippen molar-refractivity contribution in [1.82, 2.24) is 20.4 Å². The molecule has 84 heavy (non-hydrogen) atoms. The van der Waals surface area contributed by atoms with Crippen LogP contribution in [0.4, 0.5) is 4.79 Å². The Bertz CT molecular complexity index is 3520. The molecular weight excluding hydrogens is 1090 g/mol. The minimum absolute atomic E-state index is 0.102. The van der Waals surface area contributed by atoms with Gasteiger partial charge in [-0.05, 0) is 63.4 Å². The Hall–Kier alpha value is -9.15. The third-order valence-corrected chi connectivity index (χ3v) is 18.1. The summed E-state index contributed by atoms with van der Waals surface area (Å²) in [5.74, 6) is -1.49. The third kappa shape index (κ3) is 11.2. The van der Waals surface area contributed by atoms with Gasteiger partial charge in [0.25, 0.3) is 0 Å². The standard InChI is InChI=1S/C69H60N6O7S2/c76-61(71-60-42-25-44-74(60)67(79)80-47-58-63(77)75-59(43-45-83-64(58)75)65(78)81-62(49-26-9-1-10-27-49)50-28-11-2-12-29-50)46-57-48-84(73-82-69(54-36-19-6-20-37-54,55-38-21-7-22-39-55)56-40-23-8-24-41-56)66(70-57)72-68(51-30-13-3-14-31-51,52-32-15-4-16-33-52)53-34-17-5-18-35-53/h1-24,26-41,43,48,58,60,62,64H,25,42,44-47H2,(H,70,72)(H,71,76). The van der Waals surface area contributed by atoms with Crippen molar-refractivity contribution in [3.8, 4) is 0 Å². The van der Waals surface area contributed by atoms with Crippen molar-refractivity contribution >= 4 is 51.5 Å². The van der Waals surface area contributed by atoms with Crippen molar-refractivity contribution in [1.29, 1.82) is 0 Å². The largest absolute Gasteiger partial charge is 0.448 e. The van der Waals surface area contributed by atoms with E-state index < -0.39 is 57.5 Å². The molecule has 4 unspecified atom stereocenters. The van der Waals surface area contributed by atoms with Gasteiger partial charge in [0.1, 0.15) is 29.9 Å². The Balaban J connectivity index is 0.795. The molecule has 420 valence electrons. The highest BCUT2D eigenvalue weighted by Crippen LogP contribution is 2.45. The summed E-state index contributed by atoms with van der Waals surface area (Å²) in [7, 11) is -1.24. The van der Waals surface area contributed by atoms with Gasteiger partial charge < -0.3 is 20.1 Å². The molecule has 2 saturated heterocycles. The topological polar surface area (TPSA) is 151 Å². The highest BCUT2D eigenvalue weighted by Gasteiger charge is 2.53. The summed E-state index contributed by atoms with van der Waals surface area (Å²) in [6, 6.07) is 79.5. The molecule has 0 aromatic heterocycles. The summed E-state index contributed by atoms with van der Waals surface area (Å²) in [6.45, 7) is 0.157. The van der Waals surface area contributed by atoms with Gasteiger partial charge in [-0.25, -0.2) is 19.4 Å². The molecule has 2 fully saturated rings. The van der Waals surface area contributed by atoms with Gasteiger partial charge in [0.05, 0.1) is 11.8 Å². The van der Waals surface area contributed by atoms with Crippen LogP contribution in [0.25, 0.3) is 0 Å². The number of β-lactam (4-membered cyclic amide) rings is 1. The van der Waals surface area contributed by atoms with E-state index in [-0.39, 0.29) is 30.5 Å². The number of hydrogen-bond acceptors (Lipinski definition) is 10. The number of rotatable bonds is 18. The number of thioether (sulfide) groups is 1. The highest BCUT2D eigenvalue weighted by molar-refractivity contribution is 8.05. The second-order valence-electron chi connectivity index (χ2n) is 20.7. The molecule has 4 heterocycles. The van der Waals surface area contributed by atoms with E-state index in [1.54, 1.807) is 6.08 Å². The molecule has 12 rings (SSSR count). The highest BCUT2D eigenvalue weighted by atomic mass is 32.2. The van der Waals surface area contributed by atoms with E-state index in [1.165, 1.54) is 21.6 Å². The summed E-state index contributed by atoms with van der Waals surface area (Å²) >= 11 is 1.49. The molecular formula is C69H60N6O7S2. The van der Waals surface area contributed by atoms with Crippen LogP contribution < -0.4 is 10.6 Å². The zero-order valence-electron chi connectivity index (χ0n) is 45.8. The number of benzene rings is 8. The Morgan fingerprint density at radius 3 is 1.60 bits per heavy atom. The summed E-state index contributed by atoms with van der Waals surface area (Å²) in [5.41, 5.74) is 5.39. The number of ether oxygens (including phenoxy) is 2. The van der Waals surface area contributed by atoms with Gasteiger partial charge in [-0.1, -0.05) is 247 Å². The number of carbonyl (C=O) groups excluding carboxylic acids is 4. The van der Waals surface area contributed by atoms with Gasteiger partial charge in [-0.3, -0.25) is 19.4 Å². The average Bonchev–Trinajstić information content (AvgIpc) is 2.48. The Morgan fingerprint density at radius 2 is 1.11 bits per heavy atom. The Kier molecular flexibility index (Phi) is 16.6. The summed E-state index contributed by atoms with van der Waals surface area (Å²) in [5, 5.41) is 8.64. The van der Waals surface area contributed by atoms with Crippen molar-refractivity contribution in [2.45, 2.75) is 48.0 Å². The molecule has 8 aromatic carbocycles. The quantitative estimate of drug-likeness (QED) is 0.0370. The van der Waals surface area contributed by atoms with Gasteiger partial charge >= 0.3 is 12.1 Å². The van der Waals surface area contributed by atoms with Gasteiger partial charge in [0.2, 0.25) is 11.8 Å². The van der Waals surface area contributed by atoms with E-state index in [1.807, 2.05) is 212 Å². The number of fused-ring (bicyclic) bond motifs is 1. The minimum Gasteiger partial charge on any atom is -0.448 e. The lowest BCUT2D eigenvalue weighted by Gasteiger charge is -2.48. The third-order valence-electron chi connectivity index (χ3n) is 15.5. The molecule has 15 heteroatoms. The number of aliphatic imine (C=N–C) groups is 1. The summed E-state index contributed by atoms with van der Waals surface area (Å²) in [6.07, 6.45) is 0.745. The lowest BCUT2D eigenvalue weighted by Crippen LogP contribution is -2.62. The number of nitrogens with one attached hydrogen (secondary N) is 2. The van der Waals surface area contributed by atoms with E-state index in [9.17, 15) is 19.2 Å². The molecule has 4 aliphatic rings. The second kappa shape index (κ2) is 25.1. The fourth-order valence-corrected chi connectivity index (χ4v) is 14.0. The van der Waals surface area contributed by atoms with Gasteiger partial charge in [0.15, 0.2) is 16.9 Å². The normalized spacial score (nSPS) is 19.0. The van der Waals surface area contributed by atoms with Crippen LogP contribution in [0.3, 0.4) is 0 Å². The van der Waals surface area contributed by atoms with Crippen LogP contribution in [-0.2, 0) is 50.5 Å². The van der Waals surface area contributed by atoms with Gasteiger partial charge in [0, 0.05) is 34.1 Å². The predicted molar refractivity (Wildman–Crippen MR) is 327 cm³/mol. The zero-order chi connectivity index (χ0) is 57.3. The Labute approximate surface area is 495 Å². The average molecular weight is 1150 g/mol. The number of amides is 3. The first-order valence-electron chi connectivity index (χ1n) is 28.0. The number of nitrogens with zero attached hydrogens (tertiary/aromatic N) is 4. The SMILES string of the molecule is O=C(CC1=C/S(=N\OC(c2ccccc2)(c2ccccc2)c2ccccc2)C(=NC(c2ccccc2)(c2ccccc2)c2ccccc2)N1)NC1CCCN1C(=O)OCC1C(=O)N2C(C(=O)OC(c3ccccc3)c3ccccc3)=CCSC12. The molecule has 0 radical (unpaired) electrons. The first kappa shape index (κ1) is 55.4. The van der Waals surface area contributed by atoms with Crippen molar-refractivity contribution in [3.63, 3.8) is 0 Å². The number of hydrogen-bond donors (Lipinski definition) is 2. The van der Waals surface area contributed by atoms with Gasteiger partial charge in [-0.15, -0.1) is 11.8 Å². The molecule has 3 amide bonds. The molecule has 8 aromatic rings. The van der Waals surface area contributed by atoms with E-state index >= 15 is 0 Å². The first-order chi connectivity index (χ1) is 41.3. The minimum atomic E-state index is -1.24. The van der Waals surface area contributed by atoms with Crippen LogP contribution >= 0.6 is 11.8 Å². The summed E-state index contributed by atoms with van der Waals surface area (Å²) < 4.78 is 17.2. The smallest absolute Gasteiger partial charge is 0.411 e. The number of likely N-dealkylation sites (tertiary alicyclic amines) is 1. The molecule has 4 aliphatic heterocycles. The van der Waals surface area contributed by atoms with Crippen LogP contribution in [0, 0.1) is 5.92 Å². The maximum absolute atomic E-state index is 14.4. The van der Waals surface area contributed by atoms with Crippen LogP contribution in [-0.4, -0.2) is 69.3 Å². The van der Waals surface area contributed by atoms with E-state index in [4.69, 9.17) is 23.8 Å². The number of amidine groups is 1. The Morgan fingerprint density at radius 1 is 0.643 bits per heavy atom. The van der Waals surface area contributed by atoms with Crippen LogP contribution in [0.15, 0.2) is 275 Å². The summed E-state index contributed by atoms with van der Waals surface area (Å²) in [4.78, 5) is 72.0. The van der Waals surface area contributed by atoms with Crippen molar-refractivity contribution in [3.05, 3.63) is 310 Å². The molecule has 13 nitrogen and oxygen atoms in total. The van der Waals surface area contributed by atoms with E-state index in [0.717, 1.165) is 44.5 Å². The maximum atomic E-state index is 14.4. The molecule has 4 atom stereocenters. The maximum Gasteiger partial charge on any atom is 0.411 e. The first-order valence-corrected chi connectivity index (χ1v) is 30.3. The molecule has 0 saturated carbocycles. The predicted octanol–water partition coefficient (Wildman–Crippen LogP) is 12.3. The monoisotopic (exact) mass is 1150 g/mol. The van der Waals surface area contributed by atoms with E-state index in [2.05, 4.69) is 47.0 Å². The van der Waals surface area contributed by atoms with Crippen LogP contribution in [0.2, 0.25) is 0 Å². The lowest BCUT2D eigenvalue weighted by molar-refractivity contribution is -0.157. The van der Waals surface area contributed by atoms with Crippen LogP contribution in [0.1, 0.15) is 69.9 Å². The molecule has 0 aliphatic carbocycles. The zero-order valence-corrected chi connectivity index (χ0v) is 47.4. The second-order valence-corrected chi connectivity index (χ2v) is 23.2. The number of esters is 1. The lowest BCUT2D eigenvalue weighted by atomic mass is 9.77. The van der Waals surface area contributed by atoms with Crippen LogP contribution in [0.5, 0.6) is 0 Å². The number of carbonyl (C=O) groups is 4. The van der Waals surface area contributed by atoms with E-state index in [0.29, 0.717) is 36.0 Å². The molecule has 2 N–H and O–H groups in total.